The zero-order valence-corrected chi connectivity index (χ0v) is 5.97. The van der Waals surface area contributed by atoms with Gasteiger partial charge in [-0.05, 0) is 6.92 Å². The molecule has 3 nitrogen and oxygen atoms in total. The molecular weight excluding hydrogens is 138 g/mol. The summed E-state index contributed by atoms with van der Waals surface area (Å²) in [5.74, 6) is 0.487. The number of rotatable bonds is 2. The van der Waals surface area contributed by atoms with Gasteiger partial charge in [-0.15, -0.1) is 16.7 Å². The summed E-state index contributed by atoms with van der Waals surface area (Å²) in [4.78, 5) is 0. The smallest absolute Gasteiger partial charge is 0.0737 e. The molecule has 0 aliphatic rings. The molecule has 0 spiro atoms. The molecule has 1 heterocycles. The highest BCUT2D eigenvalue weighted by atomic mass is 35.5. The molecule has 0 saturated carbocycles. The highest BCUT2D eigenvalue weighted by molar-refractivity contribution is 6.16. The van der Waals surface area contributed by atoms with Crippen LogP contribution in [0.4, 0.5) is 0 Å². The van der Waals surface area contributed by atoms with Gasteiger partial charge in [0.2, 0.25) is 0 Å². The molecule has 0 atom stereocenters. The highest BCUT2D eigenvalue weighted by Gasteiger charge is 1.96. The van der Waals surface area contributed by atoms with Crippen LogP contribution >= 0.6 is 11.6 Å². The van der Waals surface area contributed by atoms with Crippen molar-refractivity contribution in [1.29, 1.82) is 0 Å². The summed E-state index contributed by atoms with van der Waals surface area (Å²) < 4.78 is 1.77. The standard InChI is InChI=1S/C5H8ClN3/c1-2-9-5(3-6)4-7-8-9/h4H,2-3H2,1H3. The Morgan fingerprint density at radius 3 is 3.00 bits per heavy atom. The van der Waals surface area contributed by atoms with Crippen LogP contribution in [0.25, 0.3) is 0 Å². The third-order valence-corrected chi connectivity index (χ3v) is 1.41. The van der Waals surface area contributed by atoms with E-state index in [1.165, 1.54) is 0 Å². The summed E-state index contributed by atoms with van der Waals surface area (Å²) in [5, 5.41) is 7.48. The van der Waals surface area contributed by atoms with E-state index in [9.17, 15) is 0 Å². The van der Waals surface area contributed by atoms with Crippen molar-refractivity contribution in [3.05, 3.63) is 11.9 Å². The molecule has 4 heteroatoms. The first-order valence-corrected chi connectivity index (χ1v) is 3.35. The van der Waals surface area contributed by atoms with Crippen LogP contribution < -0.4 is 0 Å². The zero-order valence-electron chi connectivity index (χ0n) is 5.21. The molecule has 0 bridgehead atoms. The number of alkyl halides is 1. The minimum atomic E-state index is 0.487. The number of aryl methyl sites for hydroxylation is 1. The minimum Gasteiger partial charge on any atom is -0.248 e. The lowest BCUT2D eigenvalue weighted by Gasteiger charge is -1.95. The predicted octanol–water partition coefficient (Wildman–Crippen LogP) is 1.04. The summed E-state index contributed by atoms with van der Waals surface area (Å²) in [6, 6.07) is 0. The van der Waals surface area contributed by atoms with E-state index in [2.05, 4.69) is 10.3 Å². The fourth-order valence-corrected chi connectivity index (χ4v) is 0.856. The second kappa shape index (κ2) is 2.82. The van der Waals surface area contributed by atoms with Crippen LogP contribution in [0.2, 0.25) is 0 Å². The molecule has 0 unspecified atom stereocenters. The fourth-order valence-electron chi connectivity index (χ4n) is 0.649. The molecule has 0 radical (unpaired) electrons. The Balaban J connectivity index is 2.85. The molecule has 1 aromatic heterocycles. The highest BCUT2D eigenvalue weighted by Crippen LogP contribution is 1.98. The van der Waals surface area contributed by atoms with Crippen molar-refractivity contribution >= 4 is 11.6 Å². The van der Waals surface area contributed by atoms with E-state index in [-0.39, 0.29) is 0 Å². The Morgan fingerprint density at radius 1 is 1.78 bits per heavy atom. The first-order valence-electron chi connectivity index (χ1n) is 2.81. The van der Waals surface area contributed by atoms with Crippen molar-refractivity contribution in [2.45, 2.75) is 19.3 Å². The third kappa shape index (κ3) is 1.21. The molecule has 9 heavy (non-hydrogen) atoms. The quantitative estimate of drug-likeness (QED) is 0.583. The summed E-state index contributed by atoms with van der Waals surface area (Å²) in [6.07, 6.45) is 1.68. The van der Waals surface area contributed by atoms with Gasteiger partial charge in [0.05, 0.1) is 17.8 Å². The number of aromatic nitrogens is 3. The van der Waals surface area contributed by atoms with E-state index in [1.807, 2.05) is 6.92 Å². The van der Waals surface area contributed by atoms with Crippen molar-refractivity contribution < 1.29 is 0 Å². The van der Waals surface area contributed by atoms with Crippen molar-refractivity contribution in [3.8, 4) is 0 Å². The van der Waals surface area contributed by atoms with E-state index >= 15 is 0 Å². The average Bonchev–Trinajstić information content (AvgIpc) is 2.33. The van der Waals surface area contributed by atoms with Crippen LogP contribution in [-0.2, 0) is 12.4 Å². The molecule has 0 amide bonds. The molecular formula is C5H8ClN3. The van der Waals surface area contributed by atoms with Crippen LogP contribution in [0.3, 0.4) is 0 Å². The van der Waals surface area contributed by atoms with Gasteiger partial charge in [-0.25, -0.2) is 4.68 Å². The maximum absolute atomic E-state index is 5.55. The Bertz CT molecular complexity index is 166. The van der Waals surface area contributed by atoms with Crippen LogP contribution in [0.15, 0.2) is 6.20 Å². The van der Waals surface area contributed by atoms with Gasteiger partial charge in [0, 0.05) is 6.54 Å². The molecule has 0 fully saturated rings. The van der Waals surface area contributed by atoms with E-state index < -0.39 is 0 Å². The lowest BCUT2D eigenvalue weighted by atomic mass is 10.5. The summed E-state index contributed by atoms with van der Waals surface area (Å²) in [6.45, 7) is 2.84. The van der Waals surface area contributed by atoms with Crippen LogP contribution in [0.5, 0.6) is 0 Å². The lowest BCUT2D eigenvalue weighted by molar-refractivity contribution is 0.608. The minimum absolute atomic E-state index is 0.487. The number of nitrogens with zero attached hydrogens (tertiary/aromatic N) is 3. The molecule has 0 N–H and O–H groups in total. The number of hydrogen-bond donors (Lipinski definition) is 0. The molecule has 0 aliphatic heterocycles. The largest absolute Gasteiger partial charge is 0.248 e. The van der Waals surface area contributed by atoms with Gasteiger partial charge in [0.15, 0.2) is 0 Å². The van der Waals surface area contributed by atoms with E-state index in [4.69, 9.17) is 11.6 Å². The average molecular weight is 146 g/mol. The Labute approximate surface area is 58.6 Å². The number of hydrogen-bond acceptors (Lipinski definition) is 2. The Hall–Kier alpha value is -0.570. The topological polar surface area (TPSA) is 30.7 Å². The van der Waals surface area contributed by atoms with Gasteiger partial charge in [-0.3, -0.25) is 0 Å². The van der Waals surface area contributed by atoms with E-state index in [1.54, 1.807) is 10.9 Å². The summed E-state index contributed by atoms with van der Waals surface area (Å²) in [7, 11) is 0. The van der Waals surface area contributed by atoms with Crippen LogP contribution in [0, 0.1) is 0 Å². The maximum atomic E-state index is 5.55. The zero-order chi connectivity index (χ0) is 6.69. The van der Waals surface area contributed by atoms with Gasteiger partial charge < -0.3 is 0 Å². The van der Waals surface area contributed by atoms with Gasteiger partial charge in [-0.2, -0.15) is 0 Å². The Morgan fingerprint density at radius 2 is 2.56 bits per heavy atom. The molecule has 50 valence electrons. The predicted molar refractivity (Wildman–Crippen MR) is 35.3 cm³/mol. The first kappa shape index (κ1) is 6.55. The van der Waals surface area contributed by atoms with Crippen molar-refractivity contribution in [3.63, 3.8) is 0 Å². The summed E-state index contributed by atoms with van der Waals surface area (Å²) in [5.41, 5.74) is 0.971. The monoisotopic (exact) mass is 145 g/mol. The van der Waals surface area contributed by atoms with Gasteiger partial charge in [-0.1, -0.05) is 5.21 Å². The SMILES string of the molecule is CCn1nncc1CCl. The second-order valence-electron chi connectivity index (χ2n) is 1.67. The van der Waals surface area contributed by atoms with Gasteiger partial charge in [0.25, 0.3) is 0 Å². The van der Waals surface area contributed by atoms with Gasteiger partial charge in [0.1, 0.15) is 0 Å². The van der Waals surface area contributed by atoms with Crippen molar-refractivity contribution in [1.82, 2.24) is 15.0 Å². The number of halogens is 1. The lowest BCUT2D eigenvalue weighted by Crippen LogP contribution is -2.00. The van der Waals surface area contributed by atoms with Crippen LogP contribution in [-0.4, -0.2) is 15.0 Å². The molecule has 1 rings (SSSR count). The van der Waals surface area contributed by atoms with Crippen molar-refractivity contribution in [2.75, 3.05) is 0 Å². The third-order valence-electron chi connectivity index (χ3n) is 1.13. The van der Waals surface area contributed by atoms with Crippen molar-refractivity contribution in [2.24, 2.45) is 0 Å². The molecule has 0 saturated heterocycles. The van der Waals surface area contributed by atoms with E-state index in [0.29, 0.717) is 5.88 Å². The second-order valence-corrected chi connectivity index (χ2v) is 1.94. The van der Waals surface area contributed by atoms with Gasteiger partial charge >= 0.3 is 0 Å². The fraction of sp³-hybridized carbons (Fsp3) is 0.600. The maximum Gasteiger partial charge on any atom is 0.0737 e. The Kier molecular flexibility index (Phi) is 2.05. The molecule has 0 aromatic carbocycles. The normalized spacial score (nSPS) is 10.0. The first-order chi connectivity index (χ1) is 4.38. The van der Waals surface area contributed by atoms with E-state index in [0.717, 1.165) is 12.2 Å². The molecule has 1 aromatic rings. The van der Waals surface area contributed by atoms with Crippen LogP contribution in [0.1, 0.15) is 12.6 Å². The summed E-state index contributed by atoms with van der Waals surface area (Å²) >= 11 is 5.55. The molecule has 0 aliphatic carbocycles.